The molecule has 2 N–H and O–H groups in total. The average Bonchev–Trinajstić information content (AvgIpc) is 2.81. The molecule has 0 atom stereocenters. The monoisotopic (exact) mass is 251 g/mol. The van der Waals surface area contributed by atoms with Crippen LogP contribution < -0.4 is 5.32 Å². The van der Waals surface area contributed by atoms with Gasteiger partial charge in [-0.05, 0) is 38.2 Å². The van der Waals surface area contributed by atoms with Gasteiger partial charge in [0.05, 0.1) is 11.9 Å². The molecule has 0 bridgehead atoms. The highest BCUT2D eigenvalue weighted by Gasteiger charge is 2.09. The van der Waals surface area contributed by atoms with Gasteiger partial charge in [-0.3, -0.25) is 0 Å². The second-order valence-corrected chi connectivity index (χ2v) is 4.07. The van der Waals surface area contributed by atoms with Crippen molar-refractivity contribution in [2.45, 2.75) is 12.8 Å². The van der Waals surface area contributed by atoms with E-state index in [4.69, 9.17) is 0 Å². The molecule has 0 saturated carbocycles. The minimum atomic E-state index is -0.460. The van der Waals surface area contributed by atoms with E-state index in [1.807, 2.05) is 7.05 Å². The molecule has 1 aromatic carbocycles. The number of rotatable bonds is 5. The lowest BCUT2D eigenvalue weighted by atomic mass is 10.1. The van der Waals surface area contributed by atoms with E-state index in [2.05, 4.69) is 15.3 Å². The number of halogens is 2. The topological polar surface area (TPSA) is 40.7 Å². The van der Waals surface area contributed by atoms with Gasteiger partial charge in [0, 0.05) is 12.0 Å². The molecule has 1 aromatic heterocycles. The van der Waals surface area contributed by atoms with Gasteiger partial charge < -0.3 is 10.3 Å². The number of H-pyrrole nitrogens is 1. The first-order chi connectivity index (χ1) is 8.70. The van der Waals surface area contributed by atoms with Crippen molar-refractivity contribution in [1.82, 2.24) is 15.3 Å². The standard InChI is InChI=1S/C13H15F2N3/c1-16-6-2-3-13-17-8-12(18-13)10-7-9(14)4-5-11(10)15/h4-5,7-8,16H,2-3,6H2,1H3,(H,17,18). The third-order valence-corrected chi connectivity index (χ3v) is 2.69. The number of aromatic amines is 1. The Bertz CT molecular complexity index is 523. The second kappa shape index (κ2) is 5.73. The number of hydrogen-bond acceptors (Lipinski definition) is 2. The third-order valence-electron chi connectivity index (χ3n) is 2.69. The van der Waals surface area contributed by atoms with Gasteiger partial charge in [0.25, 0.3) is 0 Å². The van der Waals surface area contributed by atoms with Crippen LogP contribution in [0.15, 0.2) is 24.4 Å². The van der Waals surface area contributed by atoms with Gasteiger partial charge in [-0.15, -0.1) is 0 Å². The van der Waals surface area contributed by atoms with Crippen LogP contribution in [0, 0.1) is 11.6 Å². The zero-order chi connectivity index (χ0) is 13.0. The Kier molecular flexibility index (Phi) is 4.04. The summed E-state index contributed by atoms with van der Waals surface area (Å²) in [6, 6.07) is 3.38. The van der Waals surface area contributed by atoms with Crippen molar-refractivity contribution in [2.24, 2.45) is 0 Å². The fraction of sp³-hybridized carbons (Fsp3) is 0.308. The summed E-state index contributed by atoms with van der Waals surface area (Å²) in [7, 11) is 1.88. The first-order valence-corrected chi connectivity index (χ1v) is 5.84. The Balaban J connectivity index is 2.16. The second-order valence-electron chi connectivity index (χ2n) is 4.07. The molecule has 18 heavy (non-hydrogen) atoms. The minimum absolute atomic E-state index is 0.211. The van der Waals surface area contributed by atoms with E-state index < -0.39 is 11.6 Å². The molecule has 0 saturated heterocycles. The molecule has 0 spiro atoms. The van der Waals surface area contributed by atoms with E-state index in [0.29, 0.717) is 5.69 Å². The van der Waals surface area contributed by atoms with Gasteiger partial charge in [-0.1, -0.05) is 0 Å². The molecule has 96 valence electrons. The fourth-order valence-electron chi connectivity index (χ4n) is 1.76. The molecule has 0 aliphatic heterocycles. The predicted molar refractivity (Wildman–Crippen MR) is 66.2 cm³/mol. The summed E-state index contributed by atoms with van der Waals surface area (Å²) in [5, 5.41) is 3.04. The largest absolute Gasteiger partial charge is 0.342 e. The van der Waals surface area contributed by atoms with Gasteiger partial charge >= 0.3 is 0 Å². The van der Waals surface area contributed by atoms with Crippen LogP contribution >= 0.6 is 0 Å². The highest BCUT2D eigenvalue weighted by Crippen LogP contribution is 2.22. The first kappa shape index (κ1) is 12.7. The zero-order valence-electron chi connectivity index (χ0n) is 10.1. The smallest absolute Gasteiger partial charge is 0.132 e. The first-order valence-electron chi connectivity index (χ1n) is 5.84. The Hall–Kier alpha value is -1.75. The Morgan fingerprint density at radius 1 is 1.33 bits per heavy atom. The minimum Gasteiger partial charge on any atom is -0.342 e. The quantitative estimate of drug-likeness (QED) is 0.802. The van der Waals surface area contributed by atoms with E-state index in [9.17, 15) is 8.78 Å². The molecule has 3 nitrogen and oxygen atoms in total. The SMILES string of the molecule is CNCCCc1ncc(-c2cc(F)ccc2F)[nH]1. The summed E-state index contributed by atoms with van der Waals surface area (Å²) >= 11 is 0. The van der Waals surface area contributed by atoms with Gasteiger partial charge in [-0.2, -0.15) is 0 Å². The maximum atomic E-state index is 13.5. The molecule has 0 radical (unpaired) electrons. The Morgan fingerprint density at radius 3 is 2.94 bits per heavy atom. The van der Waals surface area contributed by atoms with Crippen molar-refractivity contribution in [3.05, 3.63) is 41.9 Å². The summed E-state index contributed by atoms with van der Waals surface area (Å²) < 4.78 is 26.6. The summed E-state index contributed by atoms with van der Waals surface area (Å²) in [5.41, 5.74) is 0.717. The lowest BCUT2D eigenvalue weighted by Crippen LogP contribution is -2.08. The molecule has 0 aliphatic rings. The van der Waals surface area contributed by atoms with E-state index in [0.717, 1.165) is 37.3 Å². The van der Waals surface area contributed by atoms with Crippen LogP contribution in [0.1, 0.15) is 12.2 Å². The van der Waals surface area contributed by atoms with Crippen LogP contribution in [0.3, 0.4) is 0 Å². The van der Waals surface area contributed by atoms with Crippen LogP contribution in [0.5, 0.6) is 0 Å². The number of aromatic nitrogens is 2. The van der Waals surface area contributed by atoms with Crippen LogP contribution in [0.25, 0.3) is 11.3 Å². The van der Waals surface area contributed by atoms with E-state index in [1.54, 1.807) is 0 Å². The number of nitrogens with one attached hydrogen (secondary N) is 2. The lowest BCUT2D eigenvalue weighted by Gasteiger charge is -2.00. The van der Waals surface area contributed by atoms with E-state index >= 15 is 0 Å². The molecule has 2 rings (SSSR count). The molecule has 0 unspecified atom stereocenters. The summed E-state index contributed by atoms with van der Waals surface area (Å²) in [4.78, 5) is 7.17. The van der Waals surface area contributed by atoms with Gasteiger partial charge in [0.1, 0.15) is 17.5 Å². The molecule has 0 fully saturated rings. The van der Waals surface area contributed by atoms with Crippen LogP contribution in [0.2, 0.25) is 0 Å². The van der Waals surface area contributed by atoms with Crippen molar-refractivity contribution in [3.8, 4) is 11.3 Å². The van der Waals surface area contributed by atoms with E-state index in [-0.39, 0.29) is 5.56 Å². The van der Waals surface area contributed by atoms with Crippen LogP contribution in [-0.4, -0.2) is 23.6 Å². The lowest BCUT2D eigenvalue weighted by molar-refractivity contribution is 0.602. The summed E-state index contributed by atoms with van der Waals surface area (Å²) in [6.45, 7) is 0.893. The van der Waals surface area contributed by atoms with Crippen molar-refractivity contribution in [2.75, 3.05) is 13.6 Å². The van der Waals surface area contributed by atoms with Crippen molar-refractivity contribution < 1.29 is 8.78 Å². The summed E-state index contributed by atoms with van der Waals surface area (Å²) in [5.74, 6) is -0.136. The zero-order valence-corrected chi connectivity index (χ0v) is 10.1. The Labute approximate surface area is 104 Å². The maximum Gasteiger partial charge on any atom is 0.132 e. The molecule has 2 aromatic rings. The predicted octanol–water partition coefficient (Wildman–Crippen LogP) is 2.51. The highest BCUT2D eigenvalue weighted by molar-refractivity contribution is 5.59. The van der Waals surface area contributed by atoms with Crippen molar-refractivity contribution in [1.29, 1.82) is 0 Å². The molecule has 0 amide bonds. The number of benzene rings is 1. The van der Waals surface area contributed by atoms with Gasteiger partial charge in [0.2, 0.25) is 0 Å². The average molecular weight is 251 g/mol. The molecular weight excluding hydrogens is 236 g/mol. The third kappa shape index (κ3) is 2.92. The maximum absolute atomic E-state index is 13.5. The van der Waals surface area contributed by atoms with Gasteiger partial charge in [-0.25, -0.2) is 13.8 Å². The molecule has 5 heteroatoms. The molecule has 1 heterocycles. The van der Waals surface area contributed by atoms with E-state index in [1.165, 1.54) is 12.3 Å². The highest BCUT2D eigenvalue weighted by atomic mass is 19.1. The van der Waals surface area contributed by atoms with Gasteiger partial charge in [0.15, 0.2) is 0 Å². The number of hydrogen-bond donors (Lipinski definition) is 2. The Morgan fingerprint density at radius 2 is 2.17 bits per heavy atom. The molecule has 0 aliphatic carbocycles. The summed E-state index contributed by atoms with van der Waals surface area (Å²) in [6.07, 6.45) is 3.25. The number of imidazole rings is 1. The normalized spacial score (nSPS) is 10.8. The number of aryl methyl sites for hydroxylation is 1. The molecular formula is C13H15F2N3. The van der Waals surface area contributed by atoms with Crippen LogP contribution in [0.4, 0.5) is 8.78 Å². The fourth-order valence-corrected chi connectivity index (χ4v) is 1.76. The van der Waals surface area contributed by atoms with Crippen molar-refractivity contribution in [3.63, 3.8) is 0 Å². The van der Waals surface area contributed by atoms with Crippen LogP contribution in [-0.2, 0) is 6.42 Å². The number of nitrogens with zero attached hydrogens (tertiary/aromatic N) is 1. The van der Waals surface area contributed by atoms with Crippen molar-refractivity contribution >= 4 is 0 Å².